The predicted molar refractivity (Wildman–Crippen MR) is 93.8 cm³/mol. The first-order valence-electron chi connectivity index (χ1n) is 7.88. The van der Waals surface area contributed by atoms with E-state index in [1.54, 1.807) is 36.3 Å². The van der Waals surface area contributed by atoms with Crippen LogP contribution < -0.4 is 10.1 Å². The third kappa shape index (κ3) is 5.12. The molecule has 24 heavy (non-hydrogen) atoms. The molecule has 0 fully saturated rings. The van der Waals surface area contributed by atoms with Gasteiger partial charge >= 0.3 is 0 Å². The highest BCUT2D eigenvalue weighted by Crippen LogP contribution is 2.17. The Balaban J connectivity index is 1.92. The lowest BCUT2D eigenvalue weighted by Crippen LogP contribution is -2.33. The van der Waals surface area contributed by atoms with Crippen molar-refractivity contribution in [3.63, 3.8) is 0 Å². The zero-order valence-corrected chi connectivity index (χ0v) is 14.0. The van der Waals surface area contributed by atoms with Gasteiger partial charge in [-0.15, -0.1) is 0 Å². The molecule has 0 saturated carbocycles. The maximum atomic E-state index is 12.3. The van der Waals surface area contributed by atoms with Crippen molar-refractivity contribution >= 4 is 17.5 Å². The molecule has 2 aromatic rings. The molecule has 0 aliphatic heterocycles. The van der Waals surface area contributed by atoms with Crippen LogP contribution in [0.4, 0.5) is 5.69 Å². The fourth-order valence-electron chi connectivity index (χ4n) is 2.34. The van der Waals surface area contributed by atoms with Crippen molar-refractivity contribution in [2.24, 2.45) is 0 Å². The van der Waals surface area contributed by atoms with Crippen molar-refractivity contribution in [1.82, 2.24) is 4.90 Å². The van der Waals surface area contributed by atoms with E-state index in [1.165, 1.54) is 0 Å². The maximum Gasteiger partial charge on any atom is 0.233 e. The van der Waals surface area contributed by atoms with Crippen LogP contribution in [0.1, 0.15) is 18.9 Å². The Morgan fingerprint density at radius 1 is 1.08 bits per heavy atom. The molecule has 0 bridgehead atoms. The monoisotopic (exact) mass is 326 g/mol. The molecule has 0 aromatic heterocycles. The minimum Gasteiger partial charge on any atom is -0.497 e. The lowest BCUT2D eigenvalue weighted by Gasteiger charge is -2.21. The molecular formula is C19H22N2O3. The second-order valence-corrected chi connectivity index (χ2v) is 5.35. The highest BCUT2D eigenvalue weighted by atomic mass is 16.5. The number of amides is 2. The molecule has 0 aliphatic carbocycles. The Morgan fingerprint density at radius 3 is 2.50 bits per heavy atom. The summed E-state index contributed by atoms with van der Waals surface area (Å²) >= 11 is 0. The van der Waals surface area contributed by atoms with Gasteiger partial charge in [-0.25, -0.2) is 0 Å². The van der Waals surface area contributed by atoms with Crippen molar-refractivity contribution in [2.45, 2.75) is 19.9 Å². The van der Waals surface area contributed by atoms with Crippen LogP contribution in [-0.4, -0.2) is 30.4 Å². The molecule has 2 rings (SSSR count). The van der Waals surface area contributed by atoms with Crippen molar-refractivity contribution in [3.05, 3.63) is 60.2 Å². The number of benzene rings is 2. The number of nitrogens with one attached hydrogen (secondary N) is 1. The fraction of sp³-hybridized carbons (Fsp3) is 0.263. The molecule has 2 amide bonds. The van der Waals surface area contributed by atoms with Gasteiger partial charge in [-0.3, -0.25) is 9.59 Å². The first kappa shape index (κ1) is 17.5. The van der Waals surface area contributed by atoms with E-state index in [4.69, 9.17) is 4.74 Å². The second-order valence-electron chi connectivity index (χ2n) is 5.35. The van der Waals surface area contributed by atoms with Gasteiger partial charge in [-0.2, -0.15) is 0 Å². The molecular weight excluding hydrogens is 304 g/mol. The molecule has 0 spiro atoms. The Bertz CT molecular complexity index is 686. The minimum absolute atomic E-state index is 0.183. The first-order valence-corrected chi connectivity index (χ1v) is 7.88. The van der Waals surface area contributed by atoms with Gasteiger partial charge in [0.1, 0.15) is 12.2 Å². The third-order valence-corrected chi connectivity index (χ3v) is 3.62. The van der Waals surface area contributed by atoms with Crippen LogP contribution in [0.3, 0.4) is 0 Å². The van der Waals surface area contributed by atoms with Crippen molar-refractivity contribution in [2.75, 3.05) is 19.0 Å². The Hall–Kier alpha value is -2.82. The van der Waals surface area contributed by atoms with E-state index in [0.29, 0.717) is 24.5 Å². The Morgan fingerprint density at radius 2 is 1.83 bits per heavy atom. The average Bonchev–Trinajstić information content (AvgIpc) is 2.60. The average molecular weight is 326 g/mol. The summed E-state index contributed by atoms with van der Waals surface area (Å²) < 4.78 is 5.11. The maximum absolute atomic E-state index is 12.3. The van der Waals surface area contributed by atoms with E-state index in [1.807, 2.05) is 37.3 Å². The summed E-state index contributed by atoms with van der Waals surface area (Å²) in [5, 5.41) is 2.72. The summed E-state index contributed by atoms with van der Waals surface area (Å²) in [6.45, 7) is 2.96. The largest absolute Gasteiger partial charge is 0.497 e. The quantitative estimate of drug-likeness (QED) is 0.796. The summed E-state index contributed by atoms with van der Waals surface area (Å²) in [6, 6.07) is 16.8. The molecule has 0 atom stereocenters. The number of methoxy groups -OCH3 is 1. The molecule has 0 heterocycles. The van der Waals surface area contributed by atoms with Crippen LogP contribution in [0.15, 0.2) is 54.6 Å². The molecule has 5 heteroatoms. The number of anilines is 1. The van der Waals surface area contributed by atoms with Gasteiger partial charge in [0.15, 0.2) is 0 Å². The number of rotatable bonds is 7. The van der Waals surface area contributed by atoms with E-state index in [0.717, 1.165) is 5.56 Å². The highest BCUT2D eigenvalue weighted by Gasteiger charge is 2.16. The van der Waals surface area contributed by atoms with Gasteiger partial charge in [-0.05, 0) is 24.6 Å². The van der Waals surface area contributed by atoms with E-state index in [-0.39, 0.29) is 18.2 Å². The van der Waals surface area contributed by atoms with Gasteiger partial charge < -0.3 is 15.0 Å². The van der Waals surface area contributed by atoms with Gasteiger partial charge in [-0.1, -0.05) is 36.4 Å². The topological polar surface area (TPSA) is 58.6 Å². The van der Waals surface area contributed by atoms with E-state index >= 15 is 0 Å². The lowest BCUT2D eigenvalue weighted by molar-refractivity contribution is -0.134. The third-order valence-electron chi connectivity index (χ3n) is 3.62. The highest BCUT2D eigenvalue weighted by molar-refractivity contribution is 6.03. The van der Waals surface area contributed by atoms with E-state index < -0.39 is 0 Å². The van der Waals surface area contributed by atoms with Gasteiger partial charge in [0.2, 0.25) is 11.8 Å². The standard InChI is InChI=1S/C19H22N2O3/c1-3-21(14-15-8-5-4-6-9-15)19(23)13-18(22)20-16-10-7-11-17(12-16)24-2/h4-12H,3,13-14H2,1-2H3,(H,20,22). The molecule has 126 valence electrons. The summed E-state index contributed by atoms with van der Waals surface area (Å²) in [4.78, 5) is 26.1. The predicted octanol–water partition coefficient (Wildman–Crippen LogP) is 3.07. The Labute approximate surface area is 142 Å². The van der Waals surface area contributed by atoms with Crippen molar-refractivity contribution in [1.29, 1.82) is 0 Å². The van der Waals surface area contributed by atoms with Crippen LogP contribution in [0.2, 0.25) is 0 Å². The van der Waals surface area contributed by atoms with Gasteiger partial charge in [0, 0.05) is 24.8 Å². The van der Waals surface area contributed by atoms with Crippen molar-refractivity contribution < 1.29 is 14.3 Å². The first-order chi connectivity index (χ1) is 11.6. The second kappa shape index (κ2) is 8.72. The summed E-state index contributed by atoms with van der Waals surface area (Å²) in [6.07, 6.45) is -0.183. The number of ether oxygens (including phenoxy) is 1. The number of carbonyl (C=O) groups is 2. The van der Waals surface area contributed by atoms with Gasteiger partial charge in [0.05, 0.1) is 7.11 Å². The summed E-state index contributed by atoms with van der Waals surface area (Å²) in [7, 11) is 1.56. The normalized spacial score (nSPS) is 10.1. The molecule has 2 aromatic carbocycles. The summed E-state index contributed by atoms with van der Waals surface area (Å²) in [5.41, 5.74) is 1.65. The van der Waals surface area contributed by atoms with Crippen LogP contribution in [0, 0.1) is 0 Å². The van der Waals surface area contributed by atoms with Crippen LogP contribution >= 0.6 is 0 Å². The van der Waals surface area contributed by atoms with Crippen LogP contribution in [-0.2, 0) is 16.1 Å². The molecule has 0 unspecified atom stereocenters. The zero-order valence-electron chi connectivity index (χ0n) is 14.0. The smallest absolute Gasteiger partial charge is 0.233 e. The SMILES string of the molecule is CCN(Cc1ccccc1)C(=O)CC(=O)Nc1cccc(OC)c1. The summed E-state index contributed by atoms with van der Waals surface area (Å²) in [5.74, 6) is 0.125. The number of hydrogen-bond acceptors (Lipinski definition) is 3. The molecule has 1 N–H and O–H groups in total. The Kier molecular flexibility index (Phi) is 6.37. The molecule has 0 radical (unpaired) electrons. The van der Waals surface area contributed by atoms with Crippen molar-refractivity contribution in [3.8, 4) is 5.75 Å². The van der Waals surface area contributed by atoms with Crippen LogP contribution in [0.25, 0.3) is 0 Å². The minimum atomic E-state index is -0.334. The van der Waals surface area contributed by atoms with E-state index in [9.17, 15) is 9.59 Å². The van der Waals surface area contributed by atoms with Gasteiger partial charge in [0.25, 0.3) is 0 Å². The number of nitrogens with zero attached hydrogens (tertiary/aromatic N) is 1. The zero-order chi connectivity index (χ0) is 17.4. The molecule has 5 nitrogen and oxygen atoms in total. The number of carbonyl (C=O) groups excluding carboxylic acids is 2. The number of hydrogen-bond donors (Lipinski definition) is 1. The molecule has 0 saturated heterocycles. The lowest BCUT2D eigenvalue weighted by atomic mass is 10.2. The van der Waals surface area contributed by atoms with E-state index in [2.05, 4.69) is 5.32 Å². The molecule has 0 aliphatic rings. The van der Waals surface area contributed by atoms with Crippen LogP contribution in [0.5, 0.6) is 5.75 Å². The fourth-order valence-corrected chi connectivity index (χ4v) is 2.34.